The SMILES string of the molecule is C1=CCN(CCSCCSCC[n+]2ccccc2)C=C1. The molecule has 2 rings (SSSR count). The van der Waals surface area contributed by atoms with Crippen LogP contribution < -0.4 is 4.57 Å². The van der Waals surface area contributed by atoms with E-state index in [0.29, 0.717) is 0 Å². The van der Waals surface area contributed by atoms with Gasteiger partial charge in [0, 0.05) is 42.5 Å². The lowest BCUT2D eigenvalue weighted by atomic mass is 10.3. The summed E-state index contributed by atoms with van der Waals surface area (Å²) in [6, 6.07) is 6.24. The van der Waals surface area contributed by atoms with Crippen molar-refractivity contribution in [2.75, 3.05) is 36.1 Å². The number of rotatable bonds is 9. The molecule has 0 saturated carbocycles. The minimum Gasteiger partial charge on any atom is -0.373 e. The van der Waals surface area contributed by atoms with Crippen LogP contribution >= 0.6 is 23.5 Å². The lowest BCUT2D eigenvalue weighted by molar-refractivity contribution is -0.692. The molecule has 0 spiro atoms. The molecule has 0 bridgehead atoms. The van der Waals surface area contributed by atoms with Crippen molar-refractivity contribution in [2.24, 2.45) is 0 Å². The number of pyridine rings is 1. The first-order valence-corrected chi connectivity index (χ1v) is 9.43. The summed E-state index contributed by atoms with van der Waals surface area (Å²) in [5.41, 5.74) is 0. The average molecular weight is 308 g/mol. The summed E-state index contributed by atoms with van der Waals surface area (Å²) in [6.07, 6.45) is 12.9. The van der Waals surface area contributed by atoms with Gasteiger partial charge in [-0.3, -0.25) is 0 Å². The standard InChI is InChI=1S/C16H23N2S2/c1-3-7-17(8-4-1)11-13-19-15-16-20-14-12-18-9-5-2-6-10-18/h1-9H,10-16H2/q+1. The molecule has 1 aromatic rings. The van der Waals surface area contributed by atoms with Gasteiger partial charge in [-0.2, -0.15) is 23.5 Å². The van der Waals surface area contributed by atoms with Crippen molar-refractivity contribution in [1.82, 2.24) is 4.90 Å². The van der Waals surface area contributed by atoms with Gasteiger partial charge in [-0.15, -0.1) is 0 Å². The molecule has 1 aliphatic heterocycles. The molecule has 0 aromatic carbocycles. The van der Waals surface area contributed by atoms with Gasteiger partial charge in [-0.1, -0.05) is 18.2 Å². The van der Waals surface area contributed by atoms with Gasteiger partial charge in [-0.05, 0) is 12.3 Å². The van der Waals surface area contributed by atoms with Gasteiger partial charge in [0.1, 0.15) is 0 Å². The van der Waals surface area contributed by atoms with Crippen molar-refractivity contribution in [3.05, 3.63) is 55.0 Å². The highest BCUT2D eigenvalue weighted by Gasteiger charge is 2.00. The highest BCUT2D eigenvalue weighted by atomic mass is 32.2. The maximum absolute atomic E-state index is 2.37. The van der Waals surface area contributed by atoms with Gasteiger partial charge in [0.05, 0.1) is 5.75 Å². The molecule has 20 heavy (non-hydrogen) atoms. The first-order valence-electron chi connectivity index (χ1n) is 7.12. The van der Waals surface area contributed by atoms with Crippen LogP contribution in [-0.2, 0) is 6.54 Å². The molecule has 0 aliphatic carbocycles. The molecule has 0 atom stereocenters. The Balaban J connectivity index is 1.40. The minimum atomic E-state index is 1.07. The van der Waals surface area contributed by atoms with E-state index in [0.717, 1.165) is 19.6 Å². The predicted octanol–water partition coefficient (Wildman–Crippen LogP) is 2.83. The normalized spacial score (nSPS) is 13.9. The number of hydrogen-bond donors (Lipinski definition) is 0. The predicted molar refractivity (Wildman–Crippen MR) is 91.1 cm³/mol. The third kappa shape index (κ3) is 6.53. The summed E-state index contributed by atoms with van der Waals surface area (Å²) < 4.78 is 2.25. The second-order valence-electron chi connectivity index (χ2n) is 4.60. The Labute approximate surface area is 130 Å². The van der Waals surface area contributed by atoms with Crippen LogP contribution in [0.4, 0.5) is 0 Å². The Hall–Kier alpha value is -0.870. The van der Waals surface area contributed by atoms with Crippen molar-refractivity contribution in [3.8, 4) is 0 Å². The summed E-state index contributed by atoms with van der Waals surface area (Å²) in [5, 5.41) is 0. The van der Waals surface area contributed by atoms with Crippen LogP contribution in [0.3, 0.4) is 0 Å². The van der Waals surface area contributed by atoms with Gasteiger partial charge >= 0.3 is 0 Å². The number of hydrogen-bond acceptors (Lipinski definition) is 3. The molecule has 0 N–H and O–H groups in total. The summed E-state index contributed by atoms with van der Waals surface area (Å²) in [5.74, 6) is 4.95. The number of aromatic nitrogens is 1. The monoisotopic (exact) mass is 307 g/mol. The maximum Gasteiger partial charge on any atom is 0.168 e. The molecule has 108 valence electrons. The Morgan fingerprint density at radius 2 is 1.70 bits per heavy atom. The van der Waals surface area contributed by atoms with E-state index in [1.54, 1.807) is 0 Å². The molecule has 0 fully saturated rings. The number of aryl methyl sites for hydroxylation is 1. The Morgan fingerprint density at radius 3 is 2.45 bits per heavy atom. The average Bonchev–Trinajstić information content (AvgIpc) is 2.52. The second-order valence-corrected chi connectivity index (χ2v) is 7.05. The highest BCUT2D eigenvalue weighted by Crippen LogP contribution is 2.08. The van der Waals surface area contributed by atoms with Crippen molar-refractivity contribution in [2.45, 2.75) is 6.54 Å². The molecular weight excluding hydrogens is 284 g/mol. The zero-order valence-electron chi connectivity index (χ0n) is 11.9. The van der Waals surface area contributed by atoms with Crippen LogP contribution in [0.15, 0.2) is 55.0 Å². The van der Waals surface area contributed by atoms with Crippen LogP contribution in [0.1, 0.15) is 0 Å². The first-order chi connectivity index (χ1) is 9.95. The Bertz CT molecular complexity index is 418. The van der Waals surface area contributed by atoms with Crippen LogP contribution in [-0.4, -0.2) is 41.0 Å². The molecule has 0 amide bonds. The molecule has 2 nitrogen and oxygen atoms in total. The van der Waals surface area contributed by atoms with Gasteiger partial charge < -0.3 is 4.90 Å². The zero-order valence-corrected chi connectivity index (χ0v) is 13.5. The minimum absolute atomic E-state index is 1.07. The largest absolute Gasteiger partial charge is 0.373 e. The molecule has 0 saturated heterocycles. The molecule has 0 radical (unpaired) electrons. The second kappa shape index (κ2) is 9.94. The van der Waals surface area contributed by atoms with Crippen LogP contribution in [0.25, 0.3) is 0 Å². The lowest BCUT2D eigenvalue weighted by Crippen LogP contribution is -2.33. The fourth-order valence-electron chi connectivity index (χ4n) is 1.93. The third-order valence-corrected chi connectivity index (χ3v) is 5.24. The van der Waals surface area contributed by atoms with E-state index in [4.69, 9.17) is 0 Å². The molecule has 1 aliphatic rings. The zero-order chi connectivity index (χ0) is 13.9. The van der Waals surface area contributed by atoms with Crippen LogP contribution in [0.5, 0.6) is 0 Å². The van der Waals surface area contributed by atoms with E-state index in [1.807, 2.05) is 0 Å². The van der Waals surface area contributed by atoms with E-state index in [2.05, 4.69) is 88.0 Å². The van der Waals surface area contributed by atoms with E-state index in [-0.39, 0.29) is 0 Å². The lowest BCUT2D eigenvalue weighted by Gasteiger charge is -2.19. The van der Waals surface area contributed by atoms with Crippen molar-refractivity contribution in [3.63, 3.8) is 0 Å². The van der Waals surface area contributed by atoms with Gasteiger partial charge in [0.25, 0.3) is 0 Å². The summed E-state index contributed by atoms with van der Waals surface area (Å²) in [6.45, 7) is 3.34. The smallest absolute Gasteiger partial charge is 0.168 e. The summed E-state index contributed by atoms with van der Waals surface area (Å²) >= 11 is 4.12. The van der Waals surface area contributed by atoms with E-state index in [9.17, 15) is 0 Å². The molecule has 4 heteroatoms. The Kier molecular flexibility index (Phi) is 7.72. The van der Waals surface area contributed by atoms with E-state index >= 15 is 0 Å². The van der Waals surface area contributed by atoms with Gasteiger partial charge in [0.2, 0.25) is 0 Å². The van der Waals surface area contributed by atoms with Crippen molar-refractivity contribution < 1.29 is 4.57 Å². The van der Waals surface area contributed by atoms with Gasteiger partial charge in [-0.25, -0.2) is 4.57 Å². The topological polar surface area (TPSA) is 7.12 Å². The molecule has 0 unspecified atom stereocenters. The van der Waals surface area contributed by atoms with Crippen molar-refractivity contribution in [1.29, 1.82) is 0 Å². The molecule has 1 aromatic heterocycles. The van der Waals surface area contributed by atoms with Gasteiger partial charge in [0.15, 0.2) is 18.9 Å². The van der Waals surface area contributed by atoms with E-state index < -0.39 is 0 Å². The van der Waals surface area contributed by atoms with Crippen molar-refractivity contribution >= 4 is 23.5 Å². The van der Waals surface area contributed by atoms with E-state index in [1.165, 1.54) is 23.0 Å². The molecular formula is C16H23N2S2+. The highest BCUT2D eigenvalue weighted by molar-refractivity contribution is 8.02. The first kappa shape index (κ1) is 15.5. The molecule has 2 heterocycles. The quantitative estimate of drug-likeness (QED) is 0.512. The van der Waals surface area contributed by atoms with Crippen LogP contribution in [0, 0.1) is 0 Å². The maximum atomic E-state index is 2.37. The summed E-state index contributed by atoms with van der Waals surface area (Å²) in [4.78, 5) is 2.37. The number of thioether (sulfide) groups is 2. The third-order valence-electron chi connectivity index (χ3n) is 3.05. The Morgan fingerprint density at radius 1 is 0.900 bits per heavy atom. The fraction of sp³-hybridized carbons (Fsp3) is 0.438. The number of nitrogens with zero attached hydrogens (tertiary/aromatic N) is 2. The number of allylic oxidation sites excluding steroid dienone is 2. The van der Waals surface area contributed by atoms with Crippen LogP contribution in [0.2, 0.25) is 0 Å². The summed E-state index contributed by atoms with van der Waals surface area (Å²) in [7, 11) is 0. The fourth-order valence-corrected chi connectivity index (χ4v) is 3.98.